The zero-order valence-corrected chi connectivity index (χ0v) is 15.6. The highest BCUT2D eigenvalue weighted by atomic mass is 16.5. The number of carbonyl (C=O) groups excluding carboxylic acids is 1. The van der Waals surface area contributed by atoms with Crippen molar-refractivity contribution < 1.29 is 9.53 Å². The van der Waals surface area contributed by atoms with Crippen LogP contribution >= 0.6 is 0 Å². The third kappa shape index (κ3) is 4.90. The van der Waals surface area contributed by atoms with E-state index in [1.54, 1.807) is 6.20 Å². The Morgan fingerprint density at radius 2 is 2.04 bits per heavy atom. The molecule has 0 atom stereocenters. The summed E-state index contributed by atoms with van der Waals surface area (Å²) in [5.41, 5.74) is 3.60. The summed E-state index contributed by atoms with van der Waals surface area (Å²) in [6, 6.07) is 12.1. The van der Waals surface area contributed by atoms with Gasteiger partial charge in [0.15, 0.2) is 0 Å². The molecule has 1 amide bonds. The van der Waals surface area contributed by atoms with Gasteiger partial charge in [-0.15, -0.1) is 0 Å². The van der Waals surface area contributed by atoms with Crippen molar-refractivity contribution >= 4 is 5.91 Å². The van der Waals surface area contributed by atoms with E-state index in [4.69, 9.17) is 4.74 Å². The first kappa shape index (κ1) is 18.5. The van der Waals surface area contributed by atoms with Crippen LogP contribution in [0.25, 0.3) is 11.1 Å². The smallest absolute Gasteiger partial charge is 0.270 e. The molecule has 1 aliphatic rings. The molecular weight excluding hydrogens is 326 g/mol. The number of benzene rings is 1. The Hall–Kier alpha value is -2.24. The average Bonchev–Trinajstić information content (AvgIpc) is 2.66. The van der Waals surface area contributed by atoms with Gasteiger partial charge in [-0.2, -0.15) is 0 Å². The van der Waals surface area contributed by atoms with Gasteiger partial charge in [-0.3, -0.25) is 9.78 Å². The van der Waals surface area contributed by atoms with Gasteiger partial charge in [0.05, 0.1) is 0 Å². The minimum atomic E-state index is -0.106. The first-order valence-corrected chi connectivity index (χ1v) is 9.18. The van der Waals surface area contributed by atoms with Gasteiger partial charge in [0, 0.05) is 38.1 Å². The zero-order chi connectivity index (χ0) is 18.4. The molecule has 26 heavy (non-hydrogen) atoms. The van der Waals surface area contributed by atoms with Crippen LogP contribution in [-0.4, -0.2) is 49.6 Å². The molecule has 3 rings (SSSR count). The first-order valence-electron chi connectivity index (χ1n) is 9.18. The molecule has 138 valence electrons. The van der Waals surface area contributed by atoms with Crippen molar-refractivity contribution in [1.29, 1.82) is 0 Å². The molecule has 1 aromatic carbocycles. The van der Waals surface area contributed by atoms with E-state index in [0.29, 0.717) is 18.2 Å². The molecule has 0 saturated carbocycles. The van der Waals surface area contributed by atoms with Crippen LogP contribution < -0.4 is 5.32 Å². The van der Waals surface area contributed by atoms with Crippen LogP contribution in [0.3, 0.4) is 0 Å². The van der Waals surface area contributed by atoms with E-state index in [-0.39, 0.29) is 5.91 Å². The number of nitrogens with zero attached hydrogens (tertiary/aromatic N) is 2. The van der Waals surface area contributed by atoms with Gasteiger partial charge in [-0.1, -0.05) is 24.3 Å². The minimum Gasteiger partial charge on any atom is -0.381 e. The van der Waals surface area contributed by atoms with Crippen LogP contribution in [0.4, 0.5) is 0 Å². The van der Waals surface area contributed by atoms with Gasteiger partial charge < -0.3 is 15.0 Å². The Labute approximate surface area is 155 Å². The molecule has 0 radical (unpaired) electrons. The fraction of sp³-hybridized carbons (Fsp3) is 0.429. The van der Waals surface area contributed by atoms with Gasteiger partial charge in [-0.25, -0.2) is 0 Å². The summed E-state index contributed by atoms with van der Waals surface area (Å²) in [5.74, 6) is 0.383. The van der Waals surface area contributed by atoms with Crippen molar-refractivity contribution in [2.45, 2.75) is 19.4 Å². The van der Waals surface area contributed by atoms with Crippen molar-refractivity contribution in [1.82, 2.24) is 15.2 Å². The van der Waals surface area contributed by atoms with Gasteiger partial charge >= 0.3 is 0 Å². The molecule has 5 heteroatoms. The predicted molar refractivity (Wildman–Crippen MR) is 103 cm³/mol. The largest absolute Gasteiger partial charge is 0.381 e. The summed E-state index contributed by atoms with van der Waals surface area (Å²) in [6.45, 7) is 3.11. The maximum Gasteiger partial charge on any atom is 0.270 e. The molecular formula is C21H27N3O2. The Morgan fingerprint density at radius 3 is 2.81 bits per heavy atom. The summed E-state index contributed by atoms with van der Waals surface area (Å²) in [6.07, 6.45) is 3.68. The summed E-state index contributed by atoms with van der Waals surface area (Å²) in [4.78, 5) is 19.2. The molecule has 0 bridgehead atoms. The molecule has 1 aromatic heterocycles. The predicted octanol–water partition coefficient (Wildman–Crippen LogP) is 2.97. The molecule has 1 saturated heterocycles. The summed E-state index contributed by atoms with van der Waals surface area (Å²) in [5, 5.41) is 3.06. The Balaban J connectivity index is 1.76. The molecule has 5 nitrogen and oxygen atoms in total. The average molecular weight is 353 g/mol. The minimum absolute atomic E-state index is 0.106. The lowest BCUT2D eigenvalue weighted by molar-refractivity contribution is 0.0642. The summed E-state index contributed by atoms with van der Waals surface area (Å²) in [7, 11) is 4.10. The molecule has 2 aromatic rings. The van der Waals surface area contributed by atoms with Gasteiger partial charge in [0.1, 0.15) is 5.69 Å². The highest BCUT2D eigenvalue weighted by Gasteiger charge is 2.18. The van der Waals surface area contributed by atoms with Crippen molar-refractivity contribution in [2.75, 3.05) is 33.9 Å². The van der Waals surface area contributed by atoms with Crippen LogP contribution in [0.2, 0.25) is 0 Å². The molecule has 2 heterocycles. The molecule has 0 aliphatic carbocycles. The maximum atomic E-state index is 12.7. The van der Waals surface area contributed by atoms with Gasteiger partial charge in [-0.05, 0) is 56.1 Å². The van der Waals surface area contributed by atoms with E-state index in [9.17, 15) is 4.79 Å². The molecule has 1 fully saturated rings. The first-order chi connectivity index (χ1) is 12.6. The molecule has 0 spiro atoms. The lowest BCUT2D eigenvalue weighted by atomic mass is 9.99. The number of hydrogen-bond acceptors (Lipinski definition) is 4. The van der Waals surface area contributed by atoms with Crippen molar-refractivity contribution in [3.8, 4) is 11.1 Å². The van der Waals surface area contributed by atoms with E-state index in [0.717, 1.165) is 43.7 Å². The molecule has 1 N–H and O–H groups in total. The zero-order valence-electron chi connectivity index (χ0n) is 15.6. The van der Waals surface area contributed by atoms with E-state index in [1.165, 1.54) is 5.56 Å². The van der Waals surface area contributed by atoms with Crippen molar-refractivity contribution in [2.24, 2.45) is 5.92 Å². The van der Waals surface area contributed by atoms with E-state index in [2.05, 4.69) is 27.3 Å². The van der Waals surface area contributed by atoms with Crippen LogP contribution in [0.5, 0.6) is 0 Å². The number of pyridine rings is 1. The van der Waals surface area contributed by atoms with Gasteiger partial charge in [0.25, 0.3) is 5.91 Å². The Morgan fingerprint density at radius 1 is 1.23 bits per heavy atom. The summed E-state index contributed by atoms with van der Waals surface area (Å²) < 4.78 is 5.38. The number of aromatic nitrogens is 1. The van der Waals surface area contributed by atoms with Crippen molar-refractivity contribution in [3.63, 3.8) is 0 Å². The maximum absolute atomic E-state index is 12.7. The lowest BCUT2D eigenvalue weighted by Crippen LogP contribution is -2.32. The number of rotatable bonds is 6. The monoisotopic (exact) mass is 353 g/mol. The number of carbonyl (C=O) groups is 1. The van der Waals surface area contributed by atoms with Crippen LogP contribution in [0.1, 0.15) is 28.9 Å². The highest BCUT2D eigenvalue weighted by Crippen LogP contribution is 2.24. The SMILES string of the molecule is CN(C)Cc1cccc(-c2cccnc2C(=O)NCC2CCOCC2)c1. The third-order valence-corrected chi connectivity index (χ3v) is 4.65. The standard InChI is InChI=1S/C21H27N3O2/c1-24(2)15-17-5-3-6-18(13-17)19-7-4-10-22-20(19)21(25)23-14-16-8-11-26-12-9-16/h3-7,10,13,16H,8-9,11-12,14-15H2,1-2H3,(H,23,25). The number of hydrogen-bond donors (Lipinski definition) is 1. The number of ether oxygens (including phenoxy) is 1. The lowest BCUT2D eigenvalue weighted by Gasteiger charge is -2.22. The normalized spacial score (nSPS) is 15.2. The van der Waals surface area contributed by atoms with Crippen LogP contribution in [-0.2, 0) is 11.3 Å². The fourth-order valence-electron chi connectivity index (χ4n) is 3.29. The highest BCUT2D eigenvalue weighted by molar-refractivity contribution is 5.98. The van der Waals surface area contributed by atoms with Crippen LogP contribution in [0.15, 0.2) is 42.6 Å². The second-order valence-corrected chi connectivity index (χ2v) is 7.10. The van der Waals surface area contributed by atoms with E-state index in [1.807, 2.05) is 38.4 Å². The second-order valence-electron chi connectivity index (χ2n) is 7.10. The van der Waals surface area contributed by atoms with E-state index >= 15 is 0 Å². The Kier molecular flexibility index (Phi) is 6.36. The second kappa shape index (κ2) is 8.92. The molecule has 1 aliphatic heterocycles. The quantitative estimate of drug-likeness (QED) is 0.867. The topological polar surface area (TPSA) is 54.5 Å². The number of nitrogens with one attached hydrogen (secondary N) is 1. The van der Waals surface area contributed by atoms with Gasteiger partial charge in [0.2, 0.25) is 0 Å². The molecule has 0 unspecified atom stereocenters. The van der Waals surface area contributed by atoms with Crippen LogP contribution in [0, 0.1) is 5.92 Å². The van der Waals surface area contributed by atoms with Crippen molar-refractivity contribution in [3.05, 3.63) is 53.9 Å². The van der Waals surface area contributed by atoms with E-state index < -0.39 is 0 Å². The fourth-order valence-corrected chi connectivity index (χ4v) is 3.29. The summed E-state index contributed by atoms with van der Waals surface area (Å²) >= 11 is 0. The number of amides is 1. The third-order valence-electron chi connectivity index (χ3n) is 4.65. The Bertz CT molecular complexity index is 740.